The van der Waals surface area contributed by atoms with Gasteiger partial charge in [-0.2, -0.15) is 5.10 Å². The number of benzene rings is 2. The molecule has 38 heavy (non-hydrogen) atoms. The van der Waals surface area contributed by atoms with Crippen molar-refractivity contribution in [2.45, 2.75) is 38.6 Å². The molecule has 0 spiro atoms. The summed E-state index contributed by atoms with van der Waals surface area (Å²) < 4.78 is 16.0. The van der Waals surface area contributed by atoms with Crippen molar-refractivity contribution < 1.29 is 14.0 Å². The standard InChI is InChI=1S/C29H29FN6O2/c1-3-25(38)35-14-4-5-21(16-35)36-29-26(28(31)32-17-33-29)27(34-36)20-10-7-19(8-11-20)9-13-24(37)22-12-6-18(2)15-23(22)30/h3,6-8,10-12,15,17,21H,1,4-5,9,13-14,16H2,2H3,(H2,31,32,33). The lowest BCUT2D eigenvalue weighted by molar-refractivity contribution is -0.127. The minimum Gasteiger partial charge on any atom is -0.383 e. The van der Waals surface area contributed by atoms with E-state index in [2.05, 4.69) is 16.5 Å². The van der Waals surface area contributed by atoms with E-state index in [-0.39, 0.29) is 29.7 Å². The van der Waals surface area contributed by atoms with Crippen molar-refractivity contribution in [1.29, 1.82) is 0 Å². The number of amides is 1. The predicted octanol–water partition coefficient (Wildman–Crippen LogP) is 4.69. The van der Waals surface area contributed by atoms with E-state index >= 15 is 0 Å². The Morgan fingerprint density at radius 1 is 1.18 bits per heavy atom. The highest BCUT2D eigenvalue weighted by atomic mass is 19.1. The van der Waals surface area contributed by atoms with Crippen LogP contribution in [0.2, 0.25) is 0 Å². The van der Waals surface area contributed by atoms with Gasteiger partial charge in [0.2, 0.25) is 5.91 Å². The van der Waals surface area contributed by atoms with Crippen LogP contribution in [0.15, 0.2) is 61.4 Å². The van der Waals surface area contributed by atoms with E-state index in [0.29, 0.717) is 42.1 Å². The SMILES string of the molecule is C=CC(=O)N1CCCC(n2nc(-c3ccc(CCC(=O)c4ccc(C)cc4F)cc3)c3c(N)ncnc32)C1. The number of hydrogen-bond donors (Lipinski definition) is 1. The van der Waals surface area contributed by atoms with Crippen LogP contribution in [0.1, 0.15) is 46.8 Å². The number of aromatic nitrogens is 4. The number of fused-ring (bicyclic) bond motifs is 1. The second kappa shape index (κ2) is 10.5. The molecule has 1 saturated heterocycles. The van der Waals surface area contributed by atoms with Crippen molar-refractivity contribution in [3.05, 3.63) is 84.0 Å². The fraction of sp³-hybridized carbons (Fsp3) is 0.276. The molecule has 0 aliphatic carbocycles. The van der Waals surface area contributed by atoms with E-state index in [1.807, 2.05) is 28.9 Å². The van der Waals surface area contributed by atoms with Crippen LogP contribution >= 0.6 is 0 Å². The molecule has 0 radical (unpaired) electrons. The maximum absolute atomic E-state index is 14.2. The van der Waals surface area contributed by atoms with Gasteiger partial charge in [-0.1, -0.05) is 36.9 Å². The highest BCUT2D eigenvalue weighted by molar-refractivity contribution is 5.98. The van der Waals surface area contributed by atoms with Crippen LogP contribution in [-0.2, 0) is 11.2 Å². The van der Waals surface area contributed by atoms with E-state index in [1.54, 1.807) is 24.0 Å². The van der Waals surface area contributed by atoms with Crippen LogP contribution in [0, 0.1) is 12.7 Å². The van der Waals surface area contributed by atoms with Crippen LogP contribution in [0.4, 0.5) is 10.2 Å². The summed E-state index contributed by atoms with van der Waals surface area (Å²) in [7, 11) is 0. The third-order valence-electron chi connectivity index (χ3n) is 7.04. The van der Waals surface area contributed by atoms with Gasteiger partial charge in [-0.15, -0.1) is 0 Å². The Bertz CT molecular complexity index is 1530. The van der Waals surface area contributed by atoms with Gasteiger partial charge in [-0.05, 0) is 55.5 Å². The number of ketones is 1. The lowest BCUT2D eigenvalue weighted by Gasteiger charge is -2.32. The number of aryl methyl sites for hydroxylation is 2. The molecule has 0 saturated carbocycles. The number of nitrogens with zero attached hydrogens (tertiary/aromatic N) is 5. The number of carbonyl (C=O) groups is 2. The Labute approximate surface area is 220 Å². The zero-order valence-electron chi connectivity index (χ0n) is 21.2. The zero-order valence-corrected chi connectivity index (χ0v) is 21.2. The molecule has 2 aromatic carbocycles. The van der Waals surface area contributed by atoms with Gasteiger partial charge in [0.05, 0.1) is 17.0 Å². The van der Waals surface area contributed by atoms with Gasteiger partial charge in [0.1, 0.15) is 23.7 Å². The first-order valence-corrected chi connectivity index (χ1v) is 12.6. The van der Waals surface area contributed by atoms with Gasteiger partial charge in [0.25, 0.3) is 0 Å². The Balaban J connectivity index is 1.39. The lowest BCUT2D eigenvalue weighted by Crippen LogP contribution is -2.40. The third-order valence-corrected chi connectivity index (χ3v) is 7.04. The van der Waals surface area contributed by atoms with Gasteiger partial charge in [0.15, 0.2) is 11.4 Å². The minimum absolute atomic E-state index is 0.0503. The summed E-state index contributed by atoms with van der Waals surface area (Å²) in [5.41, 5.74) is 10.2. The fourth-order valence-corrected chi connectivity index (χ4v) is 5.00. The first-order valence-electron chi connectivity index (χ1n) is 12.6. The van der Waals surface area contributed by atoms with E-state index < -0.39 is 5.82 Å². The molecule has 1 aliphatic heterocycles. The Morgan fingerprint density at radius 3 is 2.71 bits per heavy atom. The Morgan fingerprint density at radius 2 is 1.97 bits per heavy atom. The maximum Gasteiger partial charge on any atom is 0.246 e. The number of piperidine rings is 1. The summed E-state index contributed by atoms with van der Waals surface area (Å²) in [5.74, 6) is -0.471. The van der Waals surface area contributed by atoms with Crippen molar-refractivity contribution in [3.63, 3.8) is 0 Å². The first-order chi connectivity index (χ1) is 18.4. The summed E-state index contributed by atoms with van der Waals surface area (Å²) >= 11 is 0. The zero-order chi connectivity index (χ0) is 26.8. The molecular formula is C29H29FN6O2. The maximum atomic E-state index is 14.2. The van der Waals surface area contributed by atoms with E-state index in [9.17, 15) is 14.0 Å². The first kappa shape index (κ1) is 25.3. The number of likely N-dealkylation sites (tertiary alicyclic amines) is 1. The predicted molar refractivity (Wildman–Crippen MR) is 144 cm³/mol. The minimum atomic E-state index is -0.484. The number of Topliss-reactive ketones (excluding diaryl/α,β-unsaturated/α-hetero) is 1. The van der Waals surface area contributed by atoms with Crippen LogP contribution in [-0.4, -0.2) is 49.4 Å². The highest BCUT2D eigenvalue weighted by Crippen LogP contribution is 2.34. The van der Waals surface area contributed by atoms with Crippen molar-refractivity contribution in [2.75, 3.05) is 18.8 Å². The molecule has 2 aromatic heterocycles. The molecule has 1 amide bonds. The molecule has 8 nitrogen and oxygen atoms in total. The second-order valence-corrected chi connectivity index (χ2v) is 9.64. The number of halogens is 1. The number of nitrogen functional groups attached to an aromatic ring is 1. The molecule has 1 aliphatic rings. The van der Waals surface area contributed by atoms with E-state index in [0.717, 1.165) is 29.5 Å². The molecule has 0 bridgehead atoms. The van der Waals surface area contributed by atoms with Crippen LogP contribution in [0.5, 0.6) is 0 Å². The lowest BCUT2D eigenvalue weighted by atomic mass is 10.00. The van der Waals surface area contributed by atoms with Crippen molar-refractivity contribution in [3.8, 4) is 11.3 Å². The topological polar surface area (TPSA) is 107 Å². The number of hydrogen-bond acceptors (Lipinski definition) is 6. The summed E-state index contributed by atoms with van der Waals surface area (Å²) in [4.78, 5) is 35.2. The Hall–Kier alpha value is -4.40. The normalized spacial score (nSPS) is 15.5. The third kappa shape index (κ3) is 4.91. The number of carbonyl (C=O) groups excluding carboxylic acids is 2. The molecule has 1 atom stereocenters. The molecule has 194 valence electrons. The number of nitrogens with two attached hydrogens (primary N) is 1. The average molecular weight is 513 g/mol. The number of rotatable bonds is 7. The smallest absolute Gasteiger partial charge is 0.246 e. The molecule has 1 fully saturated rings. The van der Waals surface area contributed by atoms with Gasteiger partial charge >= 0.3 is 0 Å². The molecule has 9 heteroatoms. The number of anilines is 1. The van der Waals surface area contributed by atoms with Crippen molar-refractivity contribution in [1.82, 2.24) is 24.6 Å². The Kier molecular flexibility index (Phi) is 7.00. The summed E-state index contributed by atoms with van der Waals surface area (Å²) in [6.45, 7) is 6.59. The van der Waals surface area contributed by atoms with E-state index in [1.165, 1.54) is 18.5 Å². The molecule has 3 heterocycles. The second-order valence-electron chi connectivity index (χ2n) is 9.64. The molecule has 4 aromatic rings. The largest absolute Gasteiger partial charge is 0.383 e. The summed E-state index contributed by atoms with van der Waals surface area (Å²) in [6.07, 6.45) is 5.16. The summed E-state index contributed by atoms with van der Waals surface area (Å²) in [5, 5.41) is 5.56. The van der Waals surface area contributed by atoms with Gasteiger partial charge in [0, 0.05) is 25.1 Å². The highest BCUT2D eigenvalue weighted by Gasteiger charge is 2.28. The average Bonchev–Trinajstić information content (AvgIpc) is 3.33. The summed E-state index contributed by atoms with van der Waals surface area (Å²) in [6, 6.07) is 12.3. The fourth-order valence-electron chi connectivity index (χ4n) is 5.00. The van der Waals surface area contributed by atoms with Crippen molar-refractivity contribution >= 4 is 28.5 Å². The van der Waals surface area contributed by atoms with Crippen LogP contribution in [0.25, 0.3) is 22.3 Å². The van der Waals surface area contributed by atoms with E-state index in [4.69, 9.17) is 10.8 Å². The van der Waals surface area contributed by atoms with Crippen LogP contribution in [0.3, 0.4) is 0 Å². The van der Waals surface area contributed by atoms with Crippen LogP contribution < -0.4 is 5.73 Å². The van der Waals surface area contributed by atoms with Gasteiger partial charge in [-0.3, -0.25) is 9.59 Å². The monoisotopic (exact) mass is 512 g/mol. The quantitative estimate of drug-likeness (QED) is 0.284. The van der Waals surface area contributed by atoms with Gasteiger partial charge in [-0.25, -0.2) is 19.0 Å². The molecule has 5 rings (SSSR count). The van der Waals surface area contributed by atoms with Crippen molar-refractivity contribution in [2.24, 2.45) is 0 Å². The molecule has 1 unspecified atom stereocenters. The van der Waals surface area contributed by atoms with Gasteiger partial charge < -0.3 is 10.6 Å². The molecular weight excluding hydrogens is 483 g/mol. The molecule has 2 N–H and O–H groups in total.